The molecule has 34 heavy (non-hydrogen) atoms. The van der Waals surface area contributed by atoms with Crippen LogP contribution in [0.3, 0.4) is 0 Å². The molecule has 0 unspecified atom stereocenters. The van der Waals surface area contributed by atoms with Gasteiger partial charge in [-0.15, -0.1) is 23.1 Å². The topological polar surface area (TPSA) is 76.2 Å². The van der Waals surface area contributed by atoms with Gasteiger partial charge in [0.05, 0.1) is 17.7 Å². The third-order valence-electron chi connectivity index (χ3n) is 5.06. The average Bonchev–Trinajstić information content (AvgIpc) is 3.32. The first-order chi connectivity index (χ1) is 16.0. The second-order valence-electron chi connectivity index (χ2n) is 7.60. The maximum absolute atomic E-state index is 14.0. The first-order valence-electron chi connectivity index (χ1n) is 10.1. The van der Waals surface area contributed by atoms with E-state index in [-0.39, 0.29) is 12.8 Å². The van der Waals surface area contributed by atoms with Crippen molar-refractivity contribution in [3.8, 4) is 10.6 Å². The van der Waals surface area contributed by atoms with E-state index in [2.05, 4.69) is 9.97 Å². The number of aliphatic carboxylic acids is 1. The highest BCUT2D eigenvalue weighted by Crippen LogP contribution is 2.37. The Kier molecular flexibility index (Phi) is 6.68. The molecule has 0 aliphatic carbocycles. The molecule has 4 aromatic rings. The lowest BCUT2D eigenvalue weighted by Crippen LogP contribution is -2.07. The molecule has 0 aliphatic heterocycles. The second kappa shape index (κ2) is 9.38. The lowest BCUT2D eigenvalue weighted by Gasteiger charge is -2.08. The van der Waals surface area contributed by atoms with Gasteiger partial charge in [-0.2, -0.15) is 13.2 Å². The van der Waals surface area contributed by atoms with Crippen molar-refractivity contribution in [2.45, 2.75) is 43.5 Å². The SMILES string of the molecule is Cc1cc2nc(CCC(=O)O)oc2cc1SCc1sc(-c2ccc(C(F)(F)F)c(F)c2)nc1C. The monoisotopic (exact) mass is 510 g/mol. The first kappa shape index (κ1) is 24.2. The summed E-state index contributed by atoms with van der Waals surface area (Å²) in [6.45, 7) is 3.74. The molecule has 11 heteroatoms. The lowest BCUT2D eigenvalue weighted by molar-refractivity contribution is -0.140. The van der Waals surface area contributed by atoms with Gasteiger partial charge in [-0.05, 0) is 43.7 Å². The molecule has 1 N–H and O–H groups in total. The Hall–Kier alpha value is -2.92. The zero-order valence-corrected chi connectivity index (χ0v) is 19.6. The van der Waals surface area contributed by atoms with E-state index >= 15 is 0 Å². The normalized spacial score (nSPS) is 11.9. The number of oxazole rings is 1. The zero-order valence-electron chi connectivity index (χ0n) is 18.0. The molecule has 0 saturated carbocycles. The molecule has 2 aromatic heterocycles. The number of hydrogen-bond acceptors (Lipinski definition) is 6. The Morgan fingerprint density at radius 3 is 2.62 bits per heavy atom. The fourth-order valence-corrected chi connectivity index (χ4v) is 5.53. The van der Waals surface area contributed by atoms with Gasteiger partial charge in [-0.25, -0.2) is 14.4 Å². The van der Waals surface area contributed by atoms with E-state index in [0.29, 0.717) is 33.3 Å². The quantitative estimate of drug-likeness (QED) is 0.212. The molecular formula is C23H18F4N2O3S2. The van der Waals surface area contributed by atoms with E-state index in [4.69, 9.17) is 9.52 Å². The Bertz CT molecular complexity index is 1380. The van der Waals surface area contributed by atoms with Crippen molar-refractivity contribution in [3.63, 3.8) is 0 Å². The maximum Gasteiger partial charge on any atom is 0.419 e. The maximum atomic E-state index is 14.0. The summed E-state index contributed by atoms with van der Waals surface area (Å²) in [5.41, 5.74) is 1.91. The number of benzene rings is 2. The number of aromatic nitrogens is 2. The van der Waals surface area contributed by atoms with E-state index in [1.807, 2.05) is 19.1 Å². The number of fused-ring (bicyclic) bond motifs is 1. The smallest absolute Gasteiger partial charge is 0.419 e. The first-order valence-corrected chi connectivity index (χ1v) is 11.9. The molecule has 0 spiro atoms. The molecule has 0 saturated heterocycles. The van der Waals surface area contributed by atoms with Gasteiger partial charge in [0, 0.05) is 27.5 Å². The van der Waals surface area contributed by atoms with Gasteiger partial charge in [0.25, 0.3) is 0 Å². The number of thiazole rings is 1. The Balaban J connectivity index is 1.51. The van der Waals surface area contributed by atoms with E-state index in [0.717, 1.165) is 33.2 Å². The summed E-state index contributed by atoms with van der Waals surface area (Å²) in [5.74, 6) is -1.33. The van der Waals surface area contributed by atoms with Crippen molar-refractivity contribution in [3.05, 3.63) is 63.7 Å². The highest BCUT2D eigenvalue weighted by atomic mass is 32.2. The van der Waals surface area contributed by atoms with Crippen LogP contribution in [0.2, 0.25) is 0 Å². The molecule has 178 valence electrons. The van der Waals surface area contributed by atoms with Gasteiger partial charge in [-0.3, -0.25) is 4.79 Å². The third-order valence-corrected chi connectivity index (χ3v) is 7.63. The number of nitrogens with zero attached hydrogens (tertiary/aromatic N) is 2. The predicted molar refractivity (Wildman–Crippen MR) is 122 cm³/mol. The molecule has 2 heterocycles. The minimum Gasteiger partial charge on any atom is -0.481 e. The summed E-state index contributed by atoms with van der Waals surface area (Å²) in [5, 5.41) is 9.28. The van der Waals surface area contributed by atoms with Crippen LogP contribution in [-0.2, 0) is 23.1 Å². The lowest BCUT2D eigenvalue weighted by atomic mass is 10.1. The van der Waals surface area contributed by atoms with Crippen LogP contribution in [0.15, 0.2) is 39.6 Å². The Morgan fingerprint density at radius 1 is 1.18 bits per heavy atom. The summed E-state index contributed by atoms with van der Waals surface area (Å²) >= 11 is 2.85. The predicted octanol–water partition coefficient (Wildman–Crippen LogP) is 7.04. The van der Waals surface area contributed by atoms with Crippen molar-refractivity contribution < 1.29 is 31.9 Å². The Labute approximate surface area is 199 Å². The number of rotatable bonds is 7. The molecule has 0 aliphatic rings. The van der Waals surface area contributed by atoms with Crippen molar-refractivity contribution in [2.75, 3.05) is 0 Å². The largest absolute Gasteiger partial charge is 0.481 e. The molecule has 4 rings (SSSR count). The van der Waals surface area contributed by atoms with Crippen LogP contribution < -0.4 is 0 Å². The van der Waals surface area contributed by atoms with Gasteiger partial charge in [0.15, 0.2) is 11.5 Å². The van der Waals surface area contributed by atoms with Crippen molar-refractivity contribution in [2.24, 2.45) is 0 Å². The Morgan fingerprint density at radius 2 is 1.94 bits per heavy atom. The van der Waals surface area contributed by atoms with Crippen LogP contribution in [0.25, 0.3) is 21.7 Å². The van der Waals surface area contributed by atoms with Crippen LogP contribution in [0.5, 0.6) is 0 Å². The van der Waals surface area contributed by atoms with Gasteiger partial charge in [0.1, 0.15) is 16.3 Å². The van der Waals surface area contributed by atoms with Crippen LogP contribution in [-0.4, -0.2) is 21.0 Å². The number of carboxylic acid groups (broad SMARTS) is 1. The van der Waals surface area contributed by atoms with Gasteiger partial charge in [0.2, 0.25) is 0 Å². The van der Waals surface area contributed by atoms with Crippen LogP contribution in [0.1, 0.15) is 34.0 Å². The molecule has 0 fully saturated rings. The van der Waals surface area contributed by atoms with Crippen LogP contribution in [0.4, 0.5) is 17.6 Å². The van der Waals surface area contributed by atoms with E-state index in [1.165, 1.54) is 29.2 Å². The van der Waals surface area contributed by atoms with Gasteiger partial charge < -0.3 is 9.52 Å². The summed E-state index contributed by atoms with van der Waals surface area (Å²) in [6, 6.07) is 6.56. The number of halogens is 4. The standard InChI is InChI=1S/C23H18F4N2O3S2/c1-11-7-16-17(32-20(29-16)5-6-21(30)31)9-18(11)33-10-19-12(2)28-22(34-19)13-3-4-14(15(24)8-13)23(25,26)27/h3-4,7-9H,5-6,10H2,1-2H3,(H,30,31). The highest BCUT2D eigenvalue weighted by molar-refractivity contribution is 7.98. The fourth-order valence-electron chi connectivity index (χ4n) is 3.29. The zero-order chi connectivity index (χ0) is 24.6. The van der Waals surface area contributed by atoms with E-state index in [9.17, 15) is 22.4 Å². The molecule has 5 nitrogen and oxygen atoms in total. The minimum atomic E-state index is -4.75. The number of alkyl halides is 3. The number of carboxylic acids is 1. The molecular weight excluding hydrogens is 492 g/mol. The molecule has 0 radical (unpaired) electrons. The molecule has 0 bridgehead atoms. The summed E-state index contributed by atoms with van der Waals surface area (Å²) in [6.07, 6.45) is -4.61. The molecule has 0 atom stereocenters. The average molecular weight is 511 g/mol. The highest BCUT2D eigenvalue weighted by Gasteiger charge is 2.34. The third kappa shape index (κ3) is 5.25. The molecule has 0 amide bonds. The number of carbonyl (C=O) groups is 1. The van der Waals surface area contributed by atoms with Crippen molar-refractivity contribution in [1.29, 1.82) is 0 Å². The molecule has 2 aromatic carbocycles. The number of hydrogen-bond donors (Lipinski definition) is 1. The van der Waals surface area contributed by atoms with E-state index in [1.54, 1.807) is 6.92 Å². The summed E-state index contributed by atoms with van der Waals surface area (Å²) < 4.78 is 58.1. The number of thioether (sulfide) groups is 1. The summed E-state index contributed by atoms with van der Waals surface area (Å²) in [7, 11) is 0. The van der Waals surface area contributed by atoms with E-state index < -0.39 is 23.5 Å². The van der Waals surface area contributed by atoms with Crippen LogP contribution in [0, 0.1) is 19.7 Å². The number of aryl methyl sites for hydroxylation is 3. The summed E-state index contributed by atoms with van der Waals surface area (Å²) in [4.78, 5) is 21.4. The fraction of sp³-hybridized carbons (Fsp3) is 0.261. The van der Waals surface area contributed by atoms with Gasteiger partial charge >= 0.3 is 12.1 Å². The van der Waals surface area contributed by atoms with Crippen molar-refractivity contribution >= 4 is 40.2 Å². The second-order valence-corrected chi connectivity index (χ2v) is 9.70. The minimum absolute atomic E-state index is 0.0662. The van der Waals surface area contributed by atoms with Gasteiger partial charge in [-0.1, -0.05) is 6.07 Å². The van der Waals surface area contributed by atoms with Crippen molar-refractivity contribution in [1.82, 2.24) is 9.97 Å². The van der Waals surface area contributed by atoms with Crippen LogP contribution >= 0.6 is 23.1 Å².